The highest BCUT2D eigenvalue weighted by atomic mass is 32.1. The summed E-state index contributed by atoms with van der Waals surface area (Å²) in [6.45, 7) is 0. The number of carbonyl (C=O) groups is 1. The lowest BCUT2D eigenvalue weighted by Gasteiger charge is -2.55. The van der Waals surface area contributed by atoms with Gasteiger partial charge in [0.2, 0.25) is 5.91 Å². The number of thiazole rings is 1. The zero-order valence-electron chi connectivity index (χ0n) is 15.4. The highest BCUT2D eigenvalue weighted by Crippen LogP contribution is 2.60. The number of fused-ring (bicyclic) bond motifs is 1. The Morgan fingerprint density at radius 1 is 1.18 bits per heavy atom. The lowest BCUT2D eigenvalue weighted by molar-refractivity contribution is -0.140. The molecule has 4 bridgehead atoms. The van der Waals surface area contributed by atoms with E-state index in [1.54, 1.807) is 6.07 Å². The summed E-state index contributed by atoms with van der Waals surface area (Å²) in [6, 6.07) is 5.48. The molecule has 2 N–H and O–H groups in total. The van der Waals surface area contributed by atoms with Crippen molar-refractivity contribution in [3.8, 4) is 11.3 Å². The molecular formula is C21H21N3O3S. The lowest BCUT2D eigenvalue weighted by Crippen LogP contribution is -2.51. The number of hydrogen-bond donors (Lipinski definition) is 2. The summed E-state index contributed by atoms with van der Waals surface area (Å²) in [5, 5.41) is 5.71. The first-order valence-corrected chi connectivity index (χ1v) is 10.8. The summed E-state index contributed by atoms with van der Waals surface area (Å²) < 4.78 is 5.05. The number of anilines is 1. The summed E-state index contributed by atoms with van der Waals surface area (Å²) in [5.41, 5.74) is 2.68. The first-order chi connectivity index (χ1) is 13.6. The van der Waals surface area contributed by atoms with Crippen molar-refractivity contribution < 1.29 is 9.21 Å². The summed E-state index contributed by atoms with van der Waals surface area (Å²) in [6.07, 6.45) is 7.13. The van der Waals surface area contributed by atoms with Gasteiger partial charge >= 0.3 is 5.76 Å². The molecule has 4 saturated carbocycles. The van der Waals surface area contributed by atoms with Crippen molar-refractivity contribution in [2.75, 3.05) is 5.32 Å². The predicted molar refractivity (Wildman–Crippen MR) is 107 cm³/mol. The molecule has 0 radical (unpaired) electrons. The monoisotopic (exact) mass is 395 g/mol. The Hall–Kier alpha value is -2.41. The van der Waals surface area contributed by atoms with E-state index in [1.165, 1.54) is 30.6 Å². The molecule has 0 saturated heterocycles. The molecule has 4 aliphatic rings. The third-order valence-corrected chi connectivity index (χ3v) is 7.72. The van der Waals surface area contributed by atoms with Crippen LogP contribution in [-0.4, -0.2) is 15.9 Å². The van der Waals surface area contributed by atoms with Crippen molar-refractivity contribution in [3.05, 3.63) is 34.1 Å². The number of carbonyl (C=O) groups excluding carboxylic acids is 1. The molecule has 7 heteroatoms. The smallest absolute Gasteiger partial charge is 0.408 e. The number of oxazole rings is 1. The van der Waals surface area contributed by atoms with Gasteiger partial charge in [0, 0.05) is 10.9 Å². The number of H-pyrrole nitrogens is 1. The van der Waals surface area contributed by atoms with Gasteiger partial charge in [-0.15, -0.1) is 11.3 Å². The summed E-state index contributed by atoms with van der Waals surface area (Å²) in [5.74, 6) is 1.93. The van der Waals surface area contributed by atoms with Gasteiger partial charge in [0.05, 0.1) is 16.6 Å². The van der Waals surface area contributed by atoms with Gasteiger partial charge in [-0.25, -0.2) is 9.78 Å². The molecule has 4 aliphatic carbocycles. The Balaban J connectivity index is 1.24. The molecule has 0 aliphatic heterocycles. The number of nitrogens with one attached hydrogen (secondary N) is 2. The minimum atomic E-state index is -0.464. The van der Waals surface area contributed by atoms with Crippen molar-refractivity contribution in [1.29, 1.82) is 0 Å². The van der Waals surface area contributed by atoms with E-state index < -0.39 is 5.76 Å². The number of aromatic amines is 1. The van der Waals surface area contributed by atoms with Crippen LogP contribution in [0, 0.1) is 23.2 Å². The van der Waals surface area contributed by atoms with Crippen molar-refractivity contribution in [3.63, 3.8) is 0 Å². The molecule has 0 spiro atoms. The van der Waals surface area contributed by atoms with Crippen LogP contribution in [0.5, 0.6) is 0 Å². The Morgan fingerprint density at radius 2 is 1.89 bits per heavy atom. The van der Waals surface area contributed by atoms with Gasteiger partial charge < -0.3 is 9.73 Å². The molecule has 0 atom stereocenters. The van der Waals surface area contributed by atoms with Crippen LogP contribution < -0.4 is 11.1 Å². The fourth-order valence-electron chi connectivity index (χ4n) is 6.19. The topological polar surface area (TPSA) is 88.0 Å². The maximum absolute atomic E-state index is 13.2. The lowest BCUT2D eigenvalue weighted by atomic mass is 9.49. The van der Waals surface area contributed by atoms with Gasteiger partial charge in [-0.3, -0.25) is 9.78 Å². The van der Waals surface area contributed by atoms with E-state index >= 15 is 0 Å². The quantitative estimate of drug-likeness (QED) is 0.688. The Labute approximate surface area is 165 Å². The molecule has 0 unspecified atom stereocenters. The van der Waals surface area contributed by atoms with Gasteiger partial charge in [-0.2, -0.15) is 0 Å². The molecule has 7 rings (SSSR count). The molecule has 1 amide bonds. The van der Waals surface area contributed by atoms with Crippen molar-refractivity contribution in [1.82, 2.24) is 9.97 Å². The van der Waals surface area contributed by atoms with Crippen LogP contribution in [0.4, 0.5) is 5.13 Å². The van der Waals surface area contributed by atoms with Gasteiger partial charge in [-0.05, 0) is 74.5 Å². The standard InChI is InChI=1S/C21H21N3O3S/c25-18(21-7-11-3-12(8-21)5-13(4-11)9-21)24-19-22-16(10-28-19)14-1-2-17-15(6-14)23-20(26)27-17/h1-2,6,10-13H,3-5,7-9H2,(H,23,26)(H,22,24,25). The summed E-state index contributed by atoms with van der Waals surface area (Å²) in [4.78, 5) is 31.8. The first-order valence-electron chi connectivity index (χ1n) is 9.97. The highest BCUT2D eigenvalue weighted by molar-refractivity contribution is 7.14. The van der Waals surface area contributed by atoms with Crippen molar-refractivity contribution in [2.45, 2.75) is 38.5 Å². The van der Waals surface area contributed by atoms with E-state index in [4.69, 9.17) is 4.42 Å². The fraction of sp³-hybridized carbons (Fsp3) is 0.476. The largest absolute Gasteiger partial charge is 0.417 e. The third-order valence-electron chi connectivity index (χ3n) is 6.96. The Morgan fingerprint density at radius 3 is 2.61 bits per heavy atom. The maximum atomic E-state index is 13.2. The normalized spacial score (nSPS) is 30.8. The highest BCUT2D eigenvalue weighted by Gasteiger charge is 2.54. The second kappa shape index (κ2) is 5.80. The average Bonchev–Trinajstić information content (AvgIpc) is 3.25. The van der Waals surface area contributed by atoms with Crippen LogP contribution >= 0.6 is 11.3 Å². The second-order valence-corrected chi connectivity index (χ2v) is 9.77. The van der Waals surface area contributed by atoms with Crippen LogP contribution in [0.25, 0.3) is 22.4 Å². The van der Waals surface area contributed by atoms with Gasteiger partial charge in [0.1, 0.15) is 0 Å². The van der Waals surface area contributed by atoms with E-state index in [0.29, 0.717) is 16.2 Å². The molecule has 2 heterocycles. The van der Waals surface area contributed by atoms with E-state index in [1.807, 2.05) is 17.5 Å². The van der Waals surface area contributed by atoms with Crippen LogP contribution in [0.3, 0.4) is 0 Å². The second-order valence-electron chi connectivity index (χ2n) is 8.92. The SMILES string of the molecule is O=C(Nc1nc(-c2ccc3oc(=O)[nH]c3c2)cs1)C12CC3CC(CC(C3)C1)C2. The van der Waals surface area contributed by atoms with Crippen molar-refractivity contribution >= 4 is 33.5 Å². The zero-order chi connectivity index (χ0) is 18.9. The Kier molecular flexibility index (Phi) is 3.42. The fourth-order valence-corrected chi connectivity index (χ4v) is 6.91. The van der Waals surface area contributed by atoms with Gasteiger partial charge in [-0.1, -0.05) is 0 Å². The van der Waals surface area contributed by atoms with E-state index in [0.717, 1.165) is 48.3 Å². The molecule has 4 fully saturated rings. The van der Waals surface area contributed by atoms with Crippen LogP contribution in [0.2, 0.25) is 0 Å². The zero-order valence-corrected chi connectivity index (χ0v) is 16.2. The average molecular weight is 395 g/mol. The molecule has 3 aromatic rings. The summed E-state index contributed by atoms with van der Waals surface area (Å²) >= 11 is 1.45. The van der Waals surface area contributed by atoms with E-state index in [2.05, 4.69) is 15.3 Å². The Bertz CT molecular complexity index is 1110. The number of nitrogens with zero attached hydrogens (tertiary/aromatic N) is 1. The molecular weight excluding hydrogens is 374 g/mol. The number of benzene rings is 1. The molecule has 144 valence electrons. The number of amides is 1. The van der Waals surface area contributed by atoms with Crippen molar-refractivity contribution in [2.24, 2.45) is 23.2 Å². The maximum Gasteiger partial charge on any atom is 0.417 e. The summed E-state index contributed by atoms with van der Waals surface area (Å²) in [7, 11) is 0. The number of aromatic nitrogens is 2. The molecule has 1 aromatic carbocycles. The molecule has 2 aromatic heterocycles. The van der Waals surface area contributed by atoms with E-state index in [9.17, 15) is 9.59 Å². The first kappa shape index (κ1) is 16.5. The van der Waals surface area contributed by atoms with E-state index in [-0.39, 0.29) is 11.3 Å². The molecule has 28 heavy (non-hydrogen) atoms. The van der Waals surface area contributed by atoms with Gasteiger partial charge in [0.15, 0.2) is 10.7 Å². The number of hydrogen-bond acceptors (Lipinski definition) is 5. The van der Waals surface area contributed by atoms with Crippen LogP contribution in [0.1, 0.15) is 38.5 Å². The van der Waals surface area contributed by atoms with Gasteiger partial charge in [0.25, 0.3) is 0 Å². The minimum absolute atomic E-state index is 0.169. The van der Waals surface area contributed by atoms with Crippen LogP contribution in [0.15, 0.2) is 32.8 Å². The number of rotatable bonds is 3. The van der Waals surface area contributed by atoms with Crippen LogP contribution in [-0.2, 0) is 4.79 Å². The predicted octanol–water partition coefficient (Wildman–Crippen LogP) is 4.40. The minimum Gasteiger partial charge on any atom is -0.408 e. The molecule has 6 nitrogen and oxygen atoms in total. The third kappa shape index (κ3) is 2.56.